The van der Waals surface area contributed by atoms with Gasteiger partial charge in [-0.1, -0.05) is 0 Å². The van der Waals surface area contributed by atoms with E-state index >= 15 is 0 Å². The number of amides is 1. The van der Waals surface area contributed by atoms with E-state index in [-0.39, 0.29) is 30.3 Å². The van der Waals surface area contributed by atoms with Gasteiger partial charge in [0.15, 0.2) is 11.5 Å². The zero-order valence-electron chi connectivity index (χ0n) is 11.4. The number of fused-ring (bicyclic) bond motifs is 4. The zero-order chi connectivity index (χ0) is 15.6. The number of aliphatic hydroxyl groups excluding tert-OH is 3. The molecular weight excluding hydrogens is 294 g/mol. The van der Waals surface area contributed by atoms with Gasteiger partial charge in [-0.15, -0.1) is 0 Å². The number of phenols is 1. The molecule has 1 aliphatic carbocycles. The summed E-state index contributed by atoms with van der Waals surface area (Å²) in [6.07, 6.45) is -3.59. The number of carbonyl (C=O) groups is 1. The molecule has 1 aromatic rings. The minimum Gasteiger partial charge on any atom is -0.504 e. The molecule has 22 heavy (non-hydrogen) atoms. The Labute approximate surface area is 124 Å². The second-order valence-corrected chi connectivity index (χ2v) is 5.81. The highest BCUT2D eigenvalue weighted by Crippen LogP contribution is 2.49. The van der Waals surface area contributed by atoms with Gasteiger partial charge in [0.25, 0.3) is 5.91 Å². The number of benzene rings is 1. The van der Waals surface area contributed by atoms with Gasteiger partial charge in [-0.05, 0) is 18.1 Å². The molecule has 2 heterocycles. The summed E-state index contributed by atoms with van der Waals surface area (Å²) in [6, 6.07) is 0.850. The lowest BCUT2D eigenvalue weighted by molar-refractivity contribution is -0.104. The van der Waals surface area contributed by atoms with Gasteiger partial charge >= 0.3 is 0 Å². The molecular formula is C14H15NO7. The summed E-state index contributed by atoms with van der Waals surface area (Å²) in [4.78, 5) is 12.3. The molecule has 1 saturated carbocycles. The maximum Gasteiger partial charge on any atom is 0.255 e. The average Bonchev–Trinajstić information content (AvgIpc) is 2.95. The van der Waals surface area contributed by atoms with Crippen LogP contribution in [0.1, 0.15) is 28.3 Å². The lowest BCUT2D eigenvalue weighted by Gasteiger charge is -2.44. The molecule has 0 unspecified atom stereocenters. The summed E-state index contributed by atoms with van der Waals surface area (Å²) in [5.41, 5.74) is 0.529. The first-order valence-electron chi connectivity index (χ1n) is 6.99. The molecule has 3 aliphatic rings. The van der Waals surface area contributed by atoms with E-state index in [2.05, 4.69) is 5.32 Å². The number of nitrogens with one attached hydrogen (secondary N) is 1. The first kappa shape index (κ1) is 13.6. The lowest BCUT2D eigenvalue weighted by Crippen LogP contribution is -2.61. The average molecular weight is 309 g/mol. The number of hydrogen-bond donors (Lipinski definition) is 5. The smallest absolute Gasteiger partial charge is 0.255 e. The van der Waals surface area contributed by atoms with Crippen LogP contribution in [0, 0.1) is 0 Å². The van der Waals surface area contributed by atoms with Gasteiger partial charge in [0.1, 0.15) is 12.2 Å². The second kappa shape index (κ2) is 4.48. The summed E-state index contributed by atoms with van der Waals surface area (Å²) in [6.45, 7) is -0.0501. The Bertz CT molecular complexity index is 661. The van der Waals surface area contributed by atoms with Crippen LogP contribution in [0.15, 0.2) is 6.07 Å². The molecule has 0 radical (unpaired) electrons. The van der Waals surface area contributed by atoms with Crippen LogP contribution < -0.4 is 14.8 Å². The van der Waals surface area contributed by atoms with Crippen molar-refractivity contribution >= 4 is 5.91 Å². The fraction of sp³-hybridized carbons (Fsp3) is 0.500. The molecule has 1 amide bonds. The van der Waals surface area contributed by atoms with Crippen molar-refractivity contribution in [2.45, 2.75) is 36.7 Å². The molecule has 5 atom stereocenters. The molecule has 8 nitrogen and oxygen atoms in total. The summed E-state index contributed by atoms with van der Waals surface area (Å²) < 4.78 is 10.4. The maximum absolute atomic E-state index is 12.3. The van der Waals surface area contributed by atoms with E-state index in [0.29, 0.717) is 11.3 Å². The quantitative estimate of drug-likeness (QED) is 0.407. The van der Waals surface area contributed by atoms with Crippen LogP contribution in [0.3, 0.4) is 0 Å². The molecule has 2 aliphatic heterocycles. The molecule has 5 N–H and O–H groups in total. The highest BCUT2D eigenvalue weighted by molar-refractivity contribution is 6.01. The lowest BCUT2D eigenvalue weighted by atomic mass is 9.72. The van der Waals surface area contributed by atoms with Crippen LogP contribution in [0.5, 0.6) is 17.2 Å². The Hall–Kier alpha value is -2.03. The molecule has 0 aromatic heterocycles. The molecule has 1 fully saturated rings. The third-order valence-electron chi connectivity index (χ3n) is 4.63. The number of phenolic OH excluding ortho intramolecular Hbond substituents is 1. The van der Waals surface area contributed by atoms with Crippen molar-refractivity contribution in [1.82, 2.24) is 5.32 Å². The standard InChI is InChI=1S/C14H15NO7/c16-6-1-5-4-2-7-13(22-3-21-7)11(18)8(4)14(20)15-9(5)12(19)10(6)17/h2,5-6,9-10,12,16-19H,1,3H2,(H,15,20)/t5-,6+,9-,10-,12+/m0/s1. The Morgan fingerprint density at radius 1 is 1.18 bits per heavy atom. The first-order valence-corrected chi connectivity index (χ1v) is 6.99. The Morgan fingerprint density at radius 2 is 1.95 bits per heavy atom. The van der Waals surface area contributed by atoms with Crippen molar-refractivity contribution in [2.24, 2.45) is 0 Å². The second-order valence-electron chi connectivity index (χ2n) is 5.81. The zero-order valence-corrected chi connectivity index (χ0v) is 11.4. The fourth-order valence-corrected chi connectivity index (χ4v) is 3.53. The molecule has 0 saturated heterocycles. The van der Waals surface area contributed by atoms with Gasteiger partial charge in [-0.3, -0.25) is 4.79 Å². The minimum absolute atomic E-state index is 0.0501. The van der Waals surface area contributed by atoms with E-state index in [1.165, 1.54) is 0 Å². The van der Waals surface area contributed by atoms with E-state index in [4.69, 9.17) is 9.47 Å². The van der Waals surface area contributed by atoms with Gasteiger partial charge in [-0.25, -0.2) is 0 Å². The van der Waals surface area contributed by atoms with Gasteiger partial charge < -0.3 is 35.2 Å². The van der Waals surface area contributed by atoms with E-state index < -0.39 is 36.2 Å². The van der Waals surface area contributed by atoms with E-state index in [9.17, 15) is 25.2 Å². The van der Waals surface area contributed by atoms with Gasteiger partial charge in [-0.2, -0.15) is 0 Å². The van der Waals surface area contributed by atoms with E-state index in [1.807, 2.05) is 0 Å². The Kier molecular flexibility index (Phi) is 2.77. The van der Waals surface area contributed by atoms with Crippen LogP contribution in [0.2, 0.25) is 0 Å². The van der Waals surface area contributed by atoms with Crippen LogP contribution in [-0.4, -0.2) is 57.5 Å². The largest absolute Gasteiger partial charge is 0.504 e. The summed E-state index contributed by atoms with van der Waals surface area (Å²) in [5, 5.41) is 42.6. The van der Waals surface area contributed by atoms with Crippen LogP contribution >= 0.6 is 0 Å². The van der Waals surface area contributed by atoms with Crippen molar-refractivity contribution in [3.05, 3.63) is 17.2 Å². The predicted molar refractivity (Wildman–Crippen MR) is 70.9 cm³/mol. The van der Waals surface area contributed by atoms with E-state index in [0.717, 1.165) is 0 Å². The monoisotopic (exact) mass is 309 g/mol. The predicted octanol–water partition coefficient (Wildman–Crippen LogP) is -1.20. The number of aliphatic hydroxyl groups is 3. The molecule has 0 bridgehead atoms. The Balaban J connectivity index is 1.87. The Morgan fingerprint density at radius 3 is 2.73 bits per heavy atom. The fourth-order valence-electron chi connectivity index (χ4n) is 3.53. The number of hydrogen-bond acceptors (Lipinski definition) is 7. The summed E-state index contributed by atoms with van der Waals surface area (Å²) in [5.74, 6) is -0.878. The molecule has 0 spiro atoms. The molecule has 4 rings (SSSR count). The number of aromatic hydroxyl groups is 1. The highest BCUT2D eigenvalue weighted by Gasteiger charge is 2.49. The van der Waals surface area contributed by atoms with Gasteiger partial charge in [0.05, 0.1) is 17.7 Å². The third-order valence-corrected chi connectivity index (χ3v) is 4.63. The topological polar surface area (TPSA) is 128 Å². The maximum atomic E-state index is 12.3. The van der Waals surface area contributed by atoms with Gasteiger partial charge in [0, 0.05) is 5.92 Å². The molecule has 118 valence electrons. The highest BCUT2D eigenvalue weighted by atomic mass is 16.7. The number of ether oxygens (including phenoxy) is 2. The molecule has 1 aromatic carbocycles. The minimum atomic E-state index is -1.33. The first-order chi connectivity index (χ1) is 10.5. The summed E-state index contributed by atoms with van der Waals surface area (Å²) >= 11 is 0. The van der Waals surface area contributed by atoms with Crippen molar-refractivity contribution in [3.63, 3.8) is 0 Å². The van der Waals surface area contributed by atoms with Crippen LogP contribution in [-0.2, 0) is 0 Å². The normalized spacial score (nSPS) is 35.6. The molecule has 8 heteroatoms. The van der Waals surface area contributed by atoms with Crippen molar-refractivity contribution in [1.29, 1.82) is 0 Å². The van der Waals surface area contributed by atoms with Crippen LogP contribution in [0.25, 0.3) is 0 Å². The number of rotatable bonds is 0. The van der Waals surface area contributed by atoms with Gasteiger partial charge in [0.2, 0.25) is 12.5 Å². The number of carbonyl (C=O) groups excluding carboxylic acids is 1. The van der Waals surface area contributed by atoms with Crippen molar-refractivity contribution in [3.8, 4) is 17.2 Å². The summed E-state index contributed by atoms with van der Waals surface area (Å²) in [7, 11) is 0. The van der Waals surface area contributed by atoms with Crippen LogP contribution in [0.4, 0.5) is 0 Å². The van der Waals surface area contributed by atoms with Crippen molar-refractivity contribution < 1.29 is 34.7 Å². The van der Waals surface area contributed by atoms with Crippen molar-refractivity contribution in [2.75, 3.05) is 6.79 Å². The SMILES string of the molecule is O=C1N[C@@H]2[C@@H](O)[C@@H](O)[C@H](O)C[C@H]2c2cc3c(c(O)c21)OCO3. The van der Waals surface area contributed by atoms with E-state index in [1.54, 1.807) is 6.07 Å². The third kappa shape index (κ3) is 1.65.